The van der Waals surface area contributed by atoms with Gasteiger partial charge < -0.3 is 9.32 Å². The van der Waals surface area contributed by atoms with Crippen LogP contribution in [0.15, 0.2) is 10.8 Å². The Morgan fingerprint density at radius 2 is 2.47 bits per heavy atom. The maximum Gasteiger partial charge on any atom is 0.276 e. The zero-order chi connectivity index (χ0) is 12.5. The predicted molar refractivity (Wildman–Crippen MR) is 60.1 cm³/mol. The molecule has 0 aromatic carbocycles. The molecule has 0 unspecified atom stereocenters. The predicted octanol–water partition coefficient (Wildman–Crippen LogP) is 1.75. The molecule has 2 rings (SSSR count). The van der Waals surface area contributed by atoms with E-state index in [1.165, 1.54) is 6.39 Å². The Kier molecular flexibility index (Phi) is 2.88. The van der Waals surface area contributed by atoms with Crippen LogP contribution < -0.4 is 0 Å². The van der Waals surface area contributed by atoms with Crippen LogP contribution in [-0.2, 0) is 0 Å². The van der Waals surface area contributed by atoms with Crippen molar-refractivity contribution in [2.45, 2.75) is 26.7 Å². The molecule has 0 N–H and O–H groups in total. The number of carbonyl (C=O) groups excluding carboxylic acids is 1. The van der Waals surface area contributed by atoms with Crippen LogP contribution in [0.2, 0.25) is 0 Å². The maximum absolute atomic E-state index is 12.2. The number of aromatic nitrogens is 1. The van der Waals surface area contributed by atoms with Crippen molar-refractivity contribution < 1.29 is 9.21 Å². The number of nitrogens with zero attached hydrogens (tertiary/aromatic N) is 3. The van der Waals surface area contributed by atoms with E-state index in [9.17, 15) is 4.79 Å². The second-order valence-electron chi connectivity index (χ2n) is 4.76. The van der Waals surface area contributed by atoms with Gasteiger partial charge in [0.05, 0.1) is 11.5 Å². The lowest BCUT2D eigenvalue weighted by Crippen LogP contribution is -2.44. The van der Waals surface area contributed by atoms with Gasteiger partial charge in [0.25, 0.3) is 5.91 Å². The van der Waals surface area contributed by atoms with Crippen LogP contribution in [0, 0.1) is 23.7 Å². The Balaban J connectivity index is 2.17. The lowest BCUT2D eigenvalue weighted by molar-refractivity contribution is 0.0623. The summed E-state index contributed by atoms with van der Waals surface area (Å²) in [6.45, 7) is 4.76. The molecule has 1 amide bonds. The lowest BCUT2D eigenvalue weighted by Gasteiger charge is -2.35. The zero-order valence-corrected chi connectivity index (χ0v) is 10.1. The number of amides is 1. The summed E-state index contributed by atoms with van der Waals surface area (Å²) in [4.78, 5) is 17.8. The Morgan fingerprint density at radius 1 is 1.71 bits per heavy atom. The molecule has 1 aliphatic rings. The average Bonchev–Trinajstić information content (AvgIpc) is 2.75. The molecule has 17 heavy (non-hydrogen) atoms. The highest BCUT2D eigenvalue weighted by Crippen LogP contribution is 2.29. The summed E-state index contributed by atoms with van der Waals surface area (Å²) in [5.41, 5.74) is -0.0851. The monoisotopic (exact) mass is 233 g/mol. The number of piperidine rings is 1. The molecule has 5 heteroatoms. The third-order valence-electron chi connectivity index (χ3n) is 3.20. The highest BCUT2D eigenvalue weighted by atomic mass is 16.3. The van der Waals surface area contributed by atoms with E-state index in [0.717, 1.165) is 12.8 Å². The number of hydrogen-bond acceptors (Lipinski definition) is 4. The summed E-state index contributed by atoms with van der Waals surface area (Å²) in [5, 5.41) is 9.11. The van der Waals surface area contributed by atoms with Crippen molar-refractivity contribution in [3.05, 3.63) is 17.8 Å². The van der Waals surface area contributed by atoms with Crippen molar-refractivity contribution in [2.24, 2.45) is 5.41 Å². The van der Waals surface area contributed by atoms with Crippen LogP contribution in [0.25, 0.3) is 0 Å². The number of aryl methyl sites for hydroxylation is 1. The van der Waals surface area contributed by atoms with Gasteiger partial charge in [-0.2, -0.15) is 5.26 Å². The largest absolute Gasteiger partial charge is 0.448 e. The highest BCUT2D eigenvalue weighted by molar-refractivity contribution is 5.93. The lowest BCUT2D eigenvalue weighted by atomic mass is 9.83. The molecule has 0 aliphatic carbocycles. The summed E-state index contributed by atoms with van der Waals surface area (Å²) < 4.78 is 5.03. The Morgan fingerprint density at radius 3 is 3.06 bits per heavy atom. The summed E-state index contributed by atoms with van der Waals surface area (Å²) in [5.74, 6) is 0.386. The molecule has 1 atom stereocenters. The van der Waals surface area contributed by atoms with E-state index in [-0.39, 0.29) is 5.91 Å². The van der Waals surface area contributed by atoms with Crippen LogP contribution >= 0.6 is 0 Å². The van der Waals surface area contributed by atoms with Gasteiger partial charge >= 0.3 is 0 Å². The van der Waals surface area contributed by atoms with E-state index in [1.807, 2.05) is 6.92 Å². The highest BCUT2D eigenvalue weighted by Gasteiger charge is 2.34. The molecule has 1 fully saturated rings. The third kappa shape index (κ3) is 2.16. The first-order valence-electron chi connectivity index (χ1n) is 5.66. The molecule has 90 valence electrons. The SMILES string of the molecule is Cc1ocnc1C(=O)N1CCC[C@](C)(C#N)C1. The first kappa shape index (κ1) is 11.6. The van der Waals surface area contributed by atoms with Crippen molar-refractivity contribution in [1.29, 1.82) is 5.26 Å². The molecule has 0 saturated carbocycles. The van der Waals surface area contributed by atoms with Gasteiger partial charge in [0.1, 0.15) is 5.76 Å². The summed E-state index contributed by atoms with van der Waals surface area (Å²) in [6, 6.07) is 2.29. The van der Waals surface area contributed by atoms with E-state index in [2.05, 4.69) is 11.1 Å². The molecule has 5 nitrogen and oxygen atoms in total. The van der Waals surface area contributed by atoms with Gasteiger partial charge in [-0.15, -0.1) is 0 Å². The second-order valence-corrected chi connectivity index (χ2v) is 4.76. The third-order valence-corrected chi connectivity index (χ3v) is 3.20. The number of hydrogen-bond donors (Lipinski definition) is 0. The molecule has 0 spiro atoms. The molecule has 1 aliphatic heterocycles. The Hall–Kier alpha value is -1.83. The first-order chi connectivity index (χ1) is 8.06. The minimum absolute atomic E-state index is 0.141. The van der Waals surface area contributed by atoms with E-state index >= 15 is 0 Å². The summed E-state index contributed by atoms with van der Waals surface area (Å²) in [7, 11) is 0. The van der Waals surface area contributed by atoms with E-state index in [0.29, 0.717) is 24.5 Å². The second kappa shape index (κ2) is 4.21. The number of rotatable bonds is 1. The van der Waals surface area contributed by atoms with Crippen LogP contribution in [0.3, 0.4) is 0 Å². The van der Waals surface area contributed by atoms with E-state index in [4.69, 9.17) is 9.68 Å². The molecule has 2 heterocycles. The molecule has 1 aromatic heterocycles. The van der Waals surface area contributed by atoms with Gasteiger partial charge in [0.2, 0.25) is 0 Å². The van der Waals surface area contributed by atoms with Gasteiger partial charge in [-0.1, -0.05) is 0 Å². The number of oxazole rings is 1. The van der Waals surface area contributed by atoms with Gasteiger partial charge in [-0.05, 0) is 26.7 Å². The molecule has 0 radical (unpaired) electrons. The standard InChI is InChI=1S/C12H15N3O2/c1-9-10(14-8-17-9)11(16)15-5-3-4-12(2,6-13)7-15/h8H,3-5,7H2,1-2H3/t12-/m1/s1. The molecular weight excluding hydrogens is 218 g/mol. The fourth-order valence-electron chi connectivity index (χ4n) is 2.16. The van der Waals surface area contributed by atoms with Gasteiger partial charge in [0, 0.05) is 13.1 Å². The smallest absolute Gasteiger partial charge is 0.276 e. The normalized spacial score (nSPS) is 24.4. The fourth-order valence-corrected chi connectivity index (χ4v) is 2.16. The van der Waals surface area contributed by atoms with Gasteiger partial charge in [0.15, 0.2) is 12.1 Å². The molecular formula is C12H15N3O2. The minimum Gasteiger partial charge on any atom is -0.448 e. The zero-order valence-electron chi connectivity index (χ0n) is 10.1. The van der Waals surface area contributed by atoms with Crippen molar-refractivity contribution in [3.63, 3.8) is 0 Å². The Bertz CT molecular complexity index is 474. The van der Waals surface area contributed by atoms with Gasteiger partial charge in [-0.25, -0.2) is 4.98 Å². The summed E-state index contributed by atoms with van der Waals surface area (Å²) in [6.07, 6.45) is 2.97. The van der Waals surface area contributed by atoms with Crippen LogP contribution in [-0.4, -0.2) is 28.9 Å². The van der Waals surface area contributed by atoms with Crippen molar-refractivity contribution in [1.82, 2.24) is 9.88 Å². The van der Waals surface area contributed by atoms with E-state index in [1.54, 1.807) is 11.8 Å². The molecule has 1 saturated heterocycles. The van der Waals surface area contributed by atoms with Crippen LogP contribution in [0.1, 0.15) is 36.0 Å². The van der Waals surface area contributed by atoms with Crippen LogP contribution in [0.4, 0.5) is 0 Å². The number of nitriles is 1. The first-order valence-corrected chi connectivity index (χ1v) is 5.66. The minimum atomic E-state index is -0.439. The van der Waals surface area contributed by atoms with Gasteiger partial charge in [-0.3, -0.25) is 4.79 Å². The summed E-state index contributed by atoms with van der Waals surface area (Å²) >= 11 is 0. The van der Waals surface area contributed by atoms with Crippen molar-refractivity contribution >= 4 is 5.91 Å². The molecule has 0 bridgehead atoms. The fraction of sp³-hybridized carbons (Fsp3) is 0.583. The van der Waals surface area contributed by atoms with Crippen molar-refractivity contribution in [2.75, 3.05) is 13.1 Å². The average molecular weight is 233 g/mol. The van der Waals surface area contributed by atoms with Crippen molar-refractivity contribution in [3.8, 4) is 6.07 Å². The quantitative estimate of drug-likeness (QED) is 0.740. The topological polar surface area (TPSA) is 70.1 Å². The molecule has 1 aromatic rings. The number of likely N-dealkylation sites (tertiary alicyclic amines) is 1. The maximum atomic E-state index is 12.2. The van der Waals surface area contributed by atoms with E-state index < -0.39 is 5.41 Å². The number of carbonyl (C=O) groups is 1. The van der Waals surface area contributed by atoms with Crippen LogP contribution in [0.5, 0.6) is 0 Å². The Labute approximate surface area is 100 Å².